The van der Waals surface area contributed by atoms with Crippen LogP contribution in [0.4, 0.5) is 0 Å². The summed E-state index contributed by atoms with van der Waals surface area (Å²) in [5.41, 5.74) is 0.975. The predicted molar refractivity (Wildman–Crippen MR) is 39.4 cm³/mol. The van der Waals surface area contributed by atoms with Gasteiger partial charge >= 0.3 is 0 Å². The molecule has 1 heterocycles. The summed E-state index contributed by atoms with van der Waals surface area (Å²) in [6, 6.07) is 1.83. The van der Waals surface area contributed by atoms with E-state index in [1.165, 1.54) is 0 Å². The van der Waals surface area contributed by atoms with Crippen LogP contribution in [0, 0.1) is 6.20 Å². The number of H-pyrrole nitrogens is 1. The number of aromatic amines is 1. The highest BCUT2D eigenvalue weighted by Crippen LogP contribution is 2.26. The number of nitrogens with one attached hydrogen (secondary N) is 1. The lowest BCUT2D eigenvalue weighted by atomic mass is 10.1. The van der Waals surface area contributed by atoms with Crippen molar-refractivity contribution in [3.05, 3.63) is 18.0 Å². The van der Waals surface area contributed by atoms with Gasteiger partial charge in [-0.15, -0.1) is 0 Å². The summed E-state index contributed by atoms with van der Waals surface area (Å²) in [5.74, 6) is 0. The number of alkyl halides is 1. The molecule has 2 nitrogen and oxygen atoms in total. The molecule has 0 fully saturated rings. The SMILES string of the molecule is CC(C)(Br)c1c[c][nH]n1. The van der Waals surface area contributed by atoms with Crippen molar-refractivity contribution in [2.24, 2.45) is 0 Å². The molecule has 0 aromatic carbocycles. The maximum absolute atomic E-state index is 3.96. The van der Waals surface area contributed by atoms with Crippen molar-refractivity contribution in [1.82, 2.24) is 10.2 Å². The monoisotopic (exact) mass is 187 g/mol. The molecule has 0 spiro atoms. The number of hydrogen-bond acceptors (Lipinski definition) is 1. The summed E-state index contributed by atoms with van der Waals surface area (Å²) in [7, 11) is 0. The van der Waals surface area contributed by atoms with Gasteiger partial charge in [0.2, 0.25) is 0 Å². The second-order valence-electron chi connectivity index (χ2n) is 2.37. The maximum Gasteiger partial charge on any atom is 0.0832 e. The molecule has 0 unspecified atom stereocenters. The summed E-state index contributed by atoms with van der Waals surface area (Å²) in [5, 5.41) is 6.59. The van der Waals surface area contributed by atoms with Crippen LogP contribution in [-0.2, 0) is 4.32 Å². The van der Waals surface area contributed by atoms with Crippen molar-refractivity contribution in [3.8, 4) is 0 Å². The van der Waals surface area contributed by atoms with Crippen molar-refractivity contribution in [3.63, 3.8) is 0 Å². The van der Waals surface area contributed by atoms with Gasteiger partial charge in [-0.05, 0) is 19.9 Å². The van der Waals surface area contributed by atoms with Crippen molar-refractivity contribution >= 4 is 15.9 Å². The fourth-order valence-electron chi connectivity index (χ4n) is 0.530. The van der Waals surface area contributed by atoms with Crippen LogP contribution in [0.1, 0.15) is 19.5 Å². The van der Waals surface area contributed by atoms with Crippen LogP contribution in [-0.4, -0.2) is 10.2 Å². The van der Waals surface area contributed by atoms with Crippen molar-refractivity contribution in [2.45, 2.75) is 18.2 Å². The largest absolute Gasteiger partial charge is 0.276 e. The normalized spacial score (nSPS) is 11.9. The lowest BCUT2D eigenvalue weighted by Crippen LogP contribution is -2.06. The van der Waals surface area contributed by atoms with Gasteiger partial charge < -0.3 is 0 Å². The van der Waals surface area contributed by atoms with Crippen LogP contribution in [0.5, 0.6) is 0 Å². The van der Waals surface area contributed by atoms with Crippen molar-refractivity contribution < 1.29 is 0 Å². The lowest BCUT2D eigenvalue weighted by molar-refractivity contribution is 0.757. The van der Waals surface area contributed by atoms with Crippen molar-refractivity contribution in [2.75, 3.05) is 0 Å². The van der Waals surface area contributed by atoms with E-state index in [9.17, 15) is 0 Å². The first kappa shape index (κ1) is 6.81. The van der Waals surface area contributed by atoms with E-state index >= 15 is 0 Å². The zero-order valence-corrected chi connectivity index (χ0v) is 6.99. The van der Waals surface area contributed by atoms with Crippen LogP contribution in [0.15, 0.2) is 6.07 Å². The Hall–Kier alpha value is -0.310. The summed E-state index contributed by atoms with van der Waals surface area (Å²) < 4.78 is -0.0382. The predicted octanol–water partition coefficient (Wildman–Crippen LogP) is 1.84. The Morgan fingerprint density at radius 1 is 1.78 bits per heavy atom. The summed E-state index contributed by atoms with van der Waals surface area (Å²) in [4.78, 5) is 0. The molecule has 0 atom stereocenters. The topological polar surface area (TPSA) is 28.7 Å². The quantitative estimate of drug-likeness (QED) is 0.669. The molecule has 0 saturated heterocycles. The fourth-order valence-corrected chi connectivity index (χ4v) is 0.733. The molecule has 1 rings (SSSR count). The highest BCUT2D eigenvalue weighted by Gasteiger charge is 2.17. The molecule has 0 amide bonds. The number of aromatic nitrogens is 2. The minimum Gasteiger partial charge on any atom is -0.276 e. The van der Waals surface area contributed by atoms with Crippen molar-refractivity contribution in [1.29, 1.82) is 0 Å². The minimum absolute atomic E-state index is 0.0382. The molecular formula is C6H8BrN2. The fraction of sp³-hybridized carbons (Fsp3) is 0.500. The smallest absolute Gasteiger partial charge is 0.0832 e. The van der Waals surface area contributed by atoms with E-state index in [0.29, 0.717) is 0 Å². The Kier molecular flexibility index (Phi) is 1.62. The molecule has 0 aliphatic rings. The first-order valence-electron chi connectivity index (χ1n) is 2.71. The molecule has 1 radical (unpaired) electrons. The van der Waals surface area contributed by atoms with Crippen LogP contribution < -0.4 is 0 Å². The Balaban J connectivity index is 2.90. The van der Waals surface area contributed by atoms with Gasteiger partial charge in [0, 0.05) is 0 Å². The minimum atomic E-state index is -0.0382. The molecule has 9 heavy (non-hydrogen) atoms. The van der Waals surface area contributed by atoms with Gasteiger partial charge in [-0.2, -0.15) is 5.10 Å². The molecule has 1 aromatic heterocycles. The standard InChI is InChI=1S/C6H8BrN2/c1-6(2,7)5-3-4-8-9-5/h3H,1-2H3,(H,8,9). The van der Waals surface area contributed by atoms with E-state index < -0.39 is 0 Å². The summed E-state index contributed by atoms with van der Waals surface area (Å²) in [6.07, 6.45) is 2.77. The third kappa shape index (κ3) is 1.55. The molecule has 1 N–H and O–H groups in total. The third-order valence-electron chi connectivity index (χ3n) is 1.06. The molecular weight excluding hydrogens is 180 g/mol. The molecule has 1 aromatic rings. The van der Waals surface area contributed by atoms with E-state index in [1.54, 1.807) is 0 Å². The van der Waals surface area contributed by atoms with Gasteiger partial charge in [0.05, 0.1) is 16.2 Å². The van der Waals surface area contributed by atoms with Crippen LogP contribution in [0.3, 0.4) is 0 Å². The van der Waals surface area contributed by atoms with E-state index in [-0.39, 0.29) is 4.32 Å². The zero-order valence-electron chi connectivity index (χ0n) is 5.40. The van der Waals surface area contributed by atoms with Gasteiger partial charge in [0.1, 0.15) is 0 Å². The summed E-state index contributed by atoms with van der Waals surface area (Å²) in [6.45, 7) is 4.08. The van der Waals surface area contributed by atoms with Gasteiger partial charge in [-0.1, -0.05) is 15.9 Å². The number of nitrogens with zero attached hydrogens (tertiary/aromatic N) is 1. The highest BCUT2D eigenvalue weighted by atomic mass is 79.9. The second-order valence-corrected chi connectivity index (χ2v) is 4.35. The van der Waals surface area contributed by atoms with Crippen LogP contribution >= 0.6 is 15.9 Å². The lowest BCUT2D eigenvalue weighted by Gasteiger charge is -2.10. The zero-order chi connectivity index (χ0) is 6.91. The Labute approximate surface area is 62.8 Å². The first-order chi connectivity index (χ1) is 4.11. The Bertz CT molecular complexity index is 173. The Morgan fingerprint density at radius 2 is 2.44 bits per heavy atom. The average molecular weight is 188 g/mol. The highest BCUT2D eigenvalue weighted by molar-refractivity contribution is 9.09. The van der Waals surface area contributed by atoms with Gasteiger partial charge in [-0.25, -0.2) is 0 Å². The molecule has 3 heteroatoms. The molecule has 0 saturated carbocycles. The number of hydrogen-bond donors (Lipinski definition) is 1. The molecule has 0 bridgehead atoms. The molecule has 0 aliphatic heterocycles. The third-order valence-corrected chi connectivity index (χ3v) is 1.47. The number of rotatable bonds is 1. The van der Waals surface area contributed by atoms with Gasteiger partial charge in [0.25, 0.3) is 0 Å². The maximum atomic E-state index is 3.96. The number of halogens is 1. The second kappa shape index (κ2) is 2.14. The molecule has 0 aliphatic carbocycles. The molecule has 49 valence electrons. The van der Waals surface area contributed by atoms with Crippen LogP contribution in [0.25, 0.3) is 0 Å². The summed E-state index contributed by atoms with van der Waals surface area (Å²) >= 11 is 3.46. The van der Waals surface area contributed by atoms with E-state index in [4.69, 9.17) is 0 Å². The van der Waals surface area contributed by atoms with Crippen LogP contribution in [0.2, 0.25) is 0 Å². The Morgan fingerprint density at radius 3 is 2.67 bits per heavy atom. The average Bonchev–Trinajstić information content (AvgIpc) is 2.08. The first-order valence-corrected chi connectivity index (χ1v) is 3.51. The van der Waals surface area contributed by atoms with E-state index in [0.717, 1.165) is 5.69 Å². The van der Waals surface area contributed by atoms with Gasteiger partial charge in [0.15, 0.2) is 0 Å². The van der Waals surface area contributed by atoms with Gasteiger partial charge in [-0.3, -0.25) is 5.10 Å². The van der Waals surface area contributed by atoms with E-state index in [1.807, 2.05) is 19.9 Å². The van der Waals surface area contributed by atoms with E-state index in [2.05, 4.69) is 32.3 Å².